The fourth-order valence-corrected chi connectivity index (χ4v) is 2.02. The SMILES string of the molecule is CCOC(=O)C(F)(F)c1cccc([C@@H](C)NC(=O)OC(C)(C)C)c1F. The number of hydrogen-bond acceptors (Lipinski definition) is 4. The molecule has 1 N–H and O–H groups in total. The van der Waals surface area contributed by atoms with Crippen molar-refractivity contribution in [3.63, 3.8) is 0 Å². The molecule has 0 aliphatic heterocycles. The minimum absolute atomic E-state index is 0.202. The molecule has 140 valence electrons. The van der Waals surface area contributed by atoms with E-state index in [1.807, 2.05) is 0 Å². The average Bonchev–Trinajstić information content (AvgIpc) is 2.45. The van der Waals surface area contributed by atoms with E-state index < -0.39 is 41.0 Å². The second-order valence-corrected chi connectivity index (χ2v) is 6.37. The molecule has 0 radical (unpaired) electrons. The van der Waals surface area contributed by atoms with Crippen LogP contribution in [-0.4, -0.2) is 24.3 Å². The van der Waals surface area contributed by atoms with Crippen molar-refractivity contribution in [1.29, 1.82) is 0 Å². The van der Waals surface area contributed by atoms with Crippen molar-refractivity contribution in [2.45, 2.75) is 52.2 Å². The van der Waals surface area contributed by atoms with Crippen molar-refractivity contribution in [2.24, 2.45) is 0 Å². The molecule has 1 amide bonds. The van der Waals surface area contributed by atoms with Gasteiger partial charge in [0.15, 0.2) is 0 Å². The highest BCUT2D eigenvalue weighted by Gasteiger charge is 2.45. The molecule has 0 aromatic heterocycles. The fourth-order valence-electron chi connectivity index (χ4n) is 2.02. The normalized spacial score (nSPS) is 13.1. The quantitative estimate of drug-likeness (QED) is 0.803. The van der Waals surface area contributed by atoms with Gasteiger partial charge in [0.1, 0.15) is 11.4 Å². The third kappa shape index (κ3) is 5.37. The molecule has 1 rings (SSSR count). The van der Waals surface area contributed by atoms with Gasteiger partial charge in [0, 0.05) is 5.56 Å². The third-order valence-electron chi connectivity index (χ3n) is 3.10. The highest BCUT2D eigenvalue weighted by molar-refractivity contribution is 5.79. The van der Waals surface area contributed by atoms with E-state index >= 15 is 0 Å². The number of halogens is 3. The van der Waals surface area contributed by atoms with Gasteiger partial charge in [-0.1, -0.05) is 12.1 Å². The third-order valence-corrected chi connectivity index (χ3v) is 3.10. The number of alkyl halides is 2. The number of ether oxygens (including phenoxy) is 2. The number of nitrogens with one attached hydrogen (secondary N) is 1. The summed E-state index contributed by atoms with van der Waals surface area (Å²) in [6, 6.07) is 2.26. The molecular weight excluding hydrogens is 339 g/mol. The van der Waals surface area contributed by atoms with Crippen molar-refractivity contribution in [3.05, 3.63) is 35.1 Å². The first-order valence-electron chi connectivity index (χ1n) is 7.73. The standard InChI is InChI=1S/C17H22F3NO4/c1-6-24-14(22)17(19,20)12-9-7-8-11(13(12)18)10(2)21-15(23)25-16(3,4)5/h7-10H,6H2,1-5H3,(H,21,23)/t10-/m1/s1. The first-order valence-corrected chi connectivity index (χ1v) is 7.73. The molecule has 25 heavy (non-hydrogen) atoms. The number of carbonyl (C=O) groups excluding carboxylic acids is 2. The maximum atomic E-state index is 14.5. The number of amides is 1. The van der Waals surface area contributed by atoms with Gasteiger partial charge in [-0.3, -0.25) is 0 Å². The number of hydrogen-bond donors (Lipinski definition) is 1. The Labute approximate surface area is 144 Å². The molecule has 0 aliphatic carbocycles. The van der Waals surface area contributed by atoms with Crippen LogP contribution in [0, 0.1) is 5.82 Å². The Hall–Kier alpha value is -2.25. The van der Waals surface area contributed by atoms with Gasteiger partial charge in [-0.05, 0) is 40.7 Å². The van der Waals surface area contributed by atoms with Crippen LogP contribution in [0.1, 0.15) is 51.8 Å². The van der Waals surface area contributed by atoms with Gasteiger partial charge in [0.05, 0.1) is 18.2 Å². The highest BCUT2D eigenvalue weighted by Crippen LogP contribution is 2.34. The summed E-state index contributed by atoms with van der Waals surface area (Å²) in [6.45, 7) is 7.48. The van der Waals surface area contributed by atoms with Gasteiger partial charge in [-0.2, -0.15) is 8.78 Å². The van der Waals surface area contributed by atoms with Crippen LogP contribution in [0.25, 0.3) is 0 Å². The Balaban J connectivity index is 3.08. The molecular formula is C17H22F3NO4. The van der Waals surface area contributed by atoms with Gasteiger partial charge in [-0.15, -0.1) is 0 Å². The minimum atomic E-state index is -4.14. The summed E-state index contributed by atoms with van der Waals surface area (Å²) in [5.74, 6) is -7.26. The van der Waals surface area contributed by atoms with Crippen LogP contribution in [0.3, 0.4) is 0 Å². The summed E-state index contributed by atoms with van der Waals surface area (Å²) in [4.78, 5) is 23.2. The molecule has 0 fully saturated rings. The van der Waals surface area contributed by atoms with Gasteiger partial charge in [0.2, 0.25) is 0 Å². The molecule has 0 heterocycles. The topological polar surface area (TPSA) is 64.6 Å². The van der Waals surface area contributed by atoms with Crippen LogP contribution in [0.4, 0.5) is 18.0 Å². The number of rotatable bonds is 5. The average molecular weight is 361 g/mol. The van der Waals surface area contributed by atoms with Crippen molar-refractivity contribution in [1.82, 2.24) is 5.32 Å². The number of carbonyl (C=O) groups is 2. The second-order valence-electron chi connectivity index (χ2n) is 6.37. The smallest absolute Gasteiger partial charge is 0.408 e. The van der Waals surface area contributed by atoms with E-state index in [1.165, 1.54) is 26.0 Å². The lowest BCUT2D eigenvalue weighted by Crippen LogP contribution is -2.35. The maximum absolute atomic E-state index is 14.5. The predicted molar refractivity (Wildman–Crippen MR) is 84.7 cm³/mol. The lowest BCUT2D eigenvalue weighted by atomic mass is 10.00. The first kappa shape index (κ1) is 20.8. The van der Waals surface area contributed by atoms with Crippen LogP contribution < -0.4 is 5.32 Å². The van der Waals surface area contributed by atoms with E-state index in [1.54, 1.807) is 20.8 Å². The van der Waals surface area contributed by atoms with E-state index in [9.17, 15) is 22.8 Å². The summed E-state index contributed by atoms with van der Waals surface area (Å²) in [7, 11) is 0. The Bertz CT molecular complexity index is 641. The summed E-state index contributed by atoms with van der Waals surface area (Å²) in [5, 5.41) is 2.36. The molecule has 0 aliphatic rings. The van der Waals surface area contributed by atoms with Crippen LogP contribution in [0.15, 0.2) is 18.2 Å². The molecule has 0 saturated heterocycles. The molecule has 5 nitrogen and oxygen atoms in total. The molecule has 0 bridgehead atoms. The second kappa shape index (κ2) is 7.76. The van der Waals surface area contributed by atoms with E-state index in [2.05, 4.69) is 10.1 Å². The van der Waals surface area contributed by atoms with Crippen LogP contribution >= 0.6 is 0 Å². The molecule has 0 unspecified atom stereocenters. The van der Waals surface area contributed by atoms with E-state index in [0.29, 0.717) is 0 Å². The molecule has 1 aromatic rings. The predicted octanol–water partition coefficient (Wildman–Crippen LogP) is 4.07. The van der Waals surface area contributed by atoms with E-state index in [-0.39, 0.29) is 12.2 Å². The number of alkyl carbamates (subject to hydrolysis) is 1. The fraction of sp³-hybridized carbons (Fsp3) is 0.529. The monoisotopic (exact) mass is 361 g/mol. The van der Waals surface area contributed by atoms with Gasteiger partial charge >= 0.3 is 18.0 Å². The lowest BCUT2D eigenvalue weighted by Gasteiger charge is -2.23. The summed E-state index contributed by atoms with van der Waals surface area (Å²) >= 11 is 0. The Morgan fingerprint density at radius 3 is 2.36 bits per heavy atom. The summed E-state index contributed by atoms with van der Waals surface area (Å²) < 4.78 is 52.1. The molecule has 0 spiro atoms. The zero-order valence-electron chi connectivity index (χ0n) is 14.8. The van der Waals surface area contributed by atoms with Gasteiger partial charge in [0.25, 0.3) is 0 Å². The van der Waals surface area contributed by atoms with Crippen LogP contribution in [0.2, 0.25) is 0 Å². The van der Waals surface area contributed by atoms with Gasteiger partial charge < -0.3 is 14.8 Å². The Morgan fingerprint density at radius 1 is 1.24 bits per heavy atom. The zero-order chi connectivity index (χ0) is 19.4. The highest BCUT2D eigenvalue weighted by atomic mass is 19.3. The molecule has 1 aromatic carbocycles. The van der Waals surface area contributed by atoms with E-state index in [0.717, 1.165) is 6.07 Å². The van der Waals surface area contributed by atoms with Crippen molar-refractivity contribution >= 4 is 12.1 Å². The Morgan fingerprint density at radius 2 is 1.84 bits per heavy atom. The zero-order valence-corrected chi connectivity index (χ0v) is 14.8. The van der Waals surface area contributed by atoms with Crippen molar-refractivity contribution in [2.75, 3.05) is 6.61 Å². The van der Waals surface area contributed by atoms with Crippen molar-refractivity contribution < 1.29 is 32.2 Å². The maximum Gasteiger partial charge on any atom is 0.408 e. The van der Waals surface area contributed by atoms with Crippen molar-refractivity contribution in [3.8, 4) is 0 Å². The number of esters is 1. The minimum Gasteiger partial charge on any atom is -0.461 e. The van der Waals surface area contributed by atoms with Gasteiger partial charge in [-0.25, -0.2) is 14.0 Å². The van der Waals surface area contributed by atoms with Crippen LogP contribution in [0.5, 0.6) is 0 Å². The molecule has 8 heteroatoms. The molecule has 0 saturated carbocycles. The largest absolute Gasteiger partial charge is 0.461 e. The summed E-state index contributed by atoms with van der Waals surface area (Å²) in [6.07, 6.45) is -0.818. The van der Waals surface area contributed by atoms with Crippen LogP contribution in [-0.2, 0) is 20.2 Å². The summed E-state index contributed by atoms with van der Waals surface area (Å²) in [5.41, 5.74) is -2.07. The van der Waals surface area contributed by atoms with E-state index in [4.69, 9.17) is 4.74 Å². The lowest BCUT2D eigenvalue weighted by molar-refractivity contribution is -0.173. The molecule has 1 atom stereocenters. The number of benzene rings is 1. The Kier molecular flexibility index (Phi) is 6.45. The first-order chi connectivity index (χ1) is 11.4.